The second-order valence-corrected chi connectivity index (χ2v) is 8.18. The minimum Gasteiger partial charge on any atom is -0.478 e. The van der Waals surface area contributed by atoms with Crippen LogP contribution in [0.1, 0.15) is 15.9 Å². The summed E-state index contributed by atoms with van der Waals surface area (Å²) in [6, 6.07) is 27.2. The molecule has 4 aromatic carbocycles. The highest BCUT2D eigenvalue weighted by Gasteiger charge is 2.13. The summed E-state index contributed by atoms with van der Waals surface area (Å²) >= 11 is 6.59. The molecule has 0 aliphatic carbocycles. The number of ether oxygens (including phenoxy) is 1. The molecule has 5 nitrogen and oxygen atoms in total. The van der Waals surface area contributed by atoms with Crippen molar-refractivity contribution in [2.75, 3.05) is 0 Å². The van der Waals surface area contributed by atoms with Crippen molar-refractivity contribution in [3.05, 3.63) is 101 Å². The van der Waals surface area contributed by atoms with Gasteiger partial charge in [-0.15, -0.1) is 0 Å². The number of carboxylic acid groups (broad SMARTS) is 1. The third kappa shape index (κ3) is 4.31. The van der Waals surface area contributed by atoms with E-state index in [-0.39, 0.29) is 11.6 Å². The summed E-state index contributed by atoms with van der Waals surface area (Å²) in [5, 5.41) is 9.86. The zero-order valence-electron chi connectivity index (χ0n) is 17.7. The summed E-state index contributed by atoms with van der Waals surface area (Å²) in [7, 11) is 0. The standard InChI is InChI=1S/C27H19ClN2O3/c1-16-11-20(26(31)32)13-21(12-16)33-27-29-24-14-22(23(28)15-25(24)30-27)19-9-7-18(8-10-19)17-5-3-2-4-6-17/h2-15H,1H3,(H,29,30)(H,31,32). The molecule has 1 aromatic heterocycles. The number of benzene rings is 4. The van der Waals surface area contributed by atoms with Gasteiger partial charge in [0.15, 0.2) is 0 Å². The quantitative estimate of drug-likeness (QED) is 0.291. The number of aromatic nitrogens is 2. The van der Waals surface area contributed by atoms with Crippen LogP contribution < -0.4 is 4.74 Å². The fraction of sp³-hybridized carbons (Fsp3) is 0.0370. The Balaban J connectivity index is 1.46. The van der Waals surface area contributed by atoms with Crippen LogP contribution in [0.25, 0.3) is 33.3 Å². The summed E-state index contributed by atoms with van der Waals surface area (Å²) in [6.45, 7) is 1.81. The molecule has 0 bridgehead atoms. The zero-order valence-corrected chi connectivity index (χ0v) is 18.4. The number of aromatic carboxylic acids is 1. The average molecular weight is 455 g/mol. The fourth-order valence-corrected chi connectivity index (χ4v) is 4.06. The van der Waals surface area contributed by atoms with E-state index in [9.17, 15) is 9.90 Å². The molecule has 0 radical (unpaired) electrons. The number of hydrogen-bond donors (Lipinski definition) is 2. The average Bonchev–Trinajstić information content (AvgIpc) is 3.19. The minimum absolute atomic E-state index is 0.158. The van der Waals surface area contributed by atoms with Gasteiger partial charge in [-0.25, -0.2) is 4.79 Å². The van der Waals surface area contributed by atoms with E-state index >= 15 is 0 Å². The molecule has 162 valence electrons. The van der Waals surface area contributed by atoms with Gasteiger partial charge in [-0.1, -0.05) is 66.2 Å². The predicted octanol–water partition coefficient (Wildman–Crippen LogP) is 7.35. The minimum atomic E-state index is -1.01. The molecule has 0 aliphatic heterocycles. The Morgan fingerprint density at radius 3 is 2.33 bits per heavy atom. The lowest BCUT2D eigenvalue weighted by atomic mass is 10.00. The maximum absolute atomic E-state index is 11.3. The number of H-pyrrole nitrogens is 1. The third-order valence-corrected chi connectivity index (χ3v) is 5.68. The number of nitrogens with one attached hydrogen (secondary N) is 1. The van der Waals surface area contributed by atoms with Crippen molar-refractivity contribution >= 4 is 28.6 Å². The van der Waals surface area contributed by atoms with Gasteiger partial charge in [0.2, 0.25) is 0 Å². The van der Waals surface area contributed by atoms with Crippen LogP contribution in [0.15, 0.2) is 84.9 Å². The van der Waals surface area contributed by atoms with Gasteiger partial charge in [0.05, 0.1) is 21.6 Å². The van der Waals surface area contributed by atoms with Gasteiger partial charge < -0.3 is 14.8 Å². The second-order valence-electron chi connectivity index (χ2n) is 7.78. The molecule has 0 saturated carbocycles. The number of carboxylic acids is 1. The SMILES string of the molecule is Cc1cc(Oc2nc3cc(-c4ccc(-c5ccccc5)cc4)c(Cl)cc3[nH]2)cc(C(=O)O)c1. The van der Waals surface area contributed by atoms with Gasteiger partial charge in [-0.05, 0) is 59.5 Å². The van der Waals surface area contributed by atoms with E-state index in [1.165, 1.54) is 6.07 Å². The molecular weight excluding hydrogens is 436 g/mol. The smallest absolute Gasteiger partial charge is 0.335 e. The molecule has 0 aliphatic rings. The summed E-state index contributed by atoms with van der Waals surface area (Å²) in [4.78, 5) is 18.9. The lowest BCUT2D eigenvalue weighted by Gasteiger charge is -2.07. The number of rotatable bonds is 5. The van der Waals surface area contributed by atoms with E-state index < -0.39 is 5.97 Å². The first kappa shape index (κ1) is 20.8. The van der Waals surface area contributed by atoms with Crippen LogP contribution in [0, 0.1) is 6.92 Å². The molecule has 0 saturated heterocycles. The Hall–Kier alpha value is -4.09. The number of fused-ring (bicyclic) bond motifs is 1. The topological polar surface area (TPSA) is 75.2 Å². The summed E-state index contributed by atoms with van der Waals surface area (Å²) in [5.74, 6) is -0.614. The Bertz CT molecular complexity index is 1480. The van der Waals surface area contributed by atoms with Gasteiger partial charge in [0.1, 0.15) is 5.75 Å². The van der Waals surface area contributed by atoms with Crippen molar-refractivity contribution in [2.45, 2.75) is 6.92 Å². The molecule has 5 rings (SSSR count). The van der Waals surface area contributed by atoms with Crippen LogP contribution in [0.2, 0.25) is 5.02 Å². The molecular formula is C27H19ClN2O3. The van der Waals surface area contributed by atoms with E-state index in [2.05, 4.69) is 34.2 Å². The van der Waals surface area contributed by atoms with Crippen molar-refractivity contribution in [1.82, 2.24) is 9.97 Å². The first-order valence-electron chi connectivity index (χ1n) is 10.3. The van der Waals surface area contributed by atoms with E-state index in [0.717, 1.165) is 33.3 Å². The number of halogens is 1. The van der Waals surface area contributed by atoms with E-state index in [1.807, 2.05) is 49.4 Å². The Kier molecular flexibility index (Phi) is 5.32. The summed E-state index contributed by atoms with van der Waals surface area (Å²) < 4.78 is 5.81. The zero-order chi connectivity index (χ0) is 22.9. The molecule has 33 heavy (non-hydrogen) atoms. The highest BCUT2D eigenvalue weighted by Crippen LogP contribution is 2.34. The highest BCUT2D eigenvalue weighted by molar-refractivity contribution is 6.34. The Labute approximate surface area is 195 Å². The summed E-state index contributed by atoms with van der Waals surface area (Å²) in [5.41, 5.74) is 6.50. The van der Waals surface area contributed by atoms with E-state index in [1.54, 1.807) is 12.1 Å². The predicted molar refractivity (Wildman–Crippen MR) is 130 cm³/mol. The molecule has 0 amide bonds. The van der Waals surface area contributed by atoms with Gasteiger partial charge in [0.25, 0.3) is 6.01 Å². The van der Waals surface area contributed by atoms with Gasteiger partial charge >= 0.3 is 5.97 Å². The second kappa shape index (κ2) is 8.45. The van der Waals surface area contributed by atoms with Gasteiger partial charge in [-0.2, -0.15) is 4.98 Å². The monoisotopic (exact) mass is 454 g/mol. The summed E-state index contributed by atoms with van der Waals surface area (Å²) in [6.07, 6.45) is 0. The van der Waals surface area contributed by atoms with Gasteiger partial charge in [-0.3, -0.25) is 0 Å². The molecule has 0 atom stereocenters. The van der Waals surface area contributed by atoms with Crippen LogP contribution in [0.5, 0.6) is 11.8 Å². The largest absolute Gasteiger partial charge is 0.478 e. The normalized spacial score (nSPS) is 11.0. The number of aryl methyl sites for hydroxylation is 1. The van der Waals surface area contributed by atoms with Crippen LogP contribution in [0.3, 0.4) is 0 Å². The fourth-order valence-electron chi connectivity index (χ4n) is 3.79. The lowest BCUT2D eigenvalue weighted by Crippen LogP contribution is -1.98. The molecule has 0 unspecified atom stereocenters. The highest BCUT2D eigenvalue weighted by atomic mass is 35.5. The van der Waals surface area contributed by atoms with Crippen LogP contribution >= 0.6 is 11.6 Å². The molecule has 0 fully saturated rings. The number of carbonyl (C=O) groups is 1. The number of imidazole rings is 1. The molecule has 1 heterocycles. The molecule has 0 spiro atoms. The maximum Gasteiger partial charge on any atom is 0.335 e. The van der Waals surface area contributed by atoms with E-state index in [4.69, 9.17) is 16.3 Å². The molecule has 2 N–H and O–H groups in total. The van der Waals surface area contributed by atoms with Crippen molar-refractivity contribution in [3.63, 3.8) is 0 Å². The van der Waals surface area contributed by atoms with E-state index in [0.29, 0.717) is 16.3 Å². The third-order valence-electron chi connectivity index (χ3n) is 5.36. The van der Waals surface area contributed by atoms with Crippen molar-refractivity contribution in [2.24, 2.45) is 0 Å². The molecule has 6 heteroatoms. The molecule has 5 aromatic rings. The lowest BCUT2D eigenvalue weighted by molar-refractivity contribution is 0.0696. The van der Waals surface area contributed by atoms with Crippen LogP contribution in [-0.4, -0.2) is 21.0 Å². The van der Waals surface area contributed by atoms with Crippen LogP contribution in [-0.2, 0) is 0 Å². The maximum atomic E-state index is 11.3. The van der Waals surface area contributed by atoms with Crippen molar-refractivity contribution in [1.29, 1.82) is 0 Å². The number of nitrogens with zero attached hydrogens (tertiary/aromatic N) is 1. The Morgan fingerprint density at radius 1 is 0.909 bits per heavy atom. The number of hydrogen-bond acceptors (Lipinski definition) is 3. The number of aromatic amines is 1. The first-order valence-corrected chi connectivity index (χ1v) is 10.7. The van der Waals surface area contributed by atoms with Crippen molar-refractivity contribution in [3.8, 4) is 34.0 Å². The van der Waals surface area contributed by atoms with Gasteiger partial charge in [0, 0.05) is 5.56 Å². The first-order chi connectivity index (χ1) is 16.0. The van der Waals surface area contributed by atoms with Crippen LogP contribution in [0.4, 0.5) is 0 Å². The Morgan fingerprint density at radius 2 is 1.61 bits per heavy atom. The van der Waals surface area contributed by atoms with Crippen molar-refractivity contribution < 1.29 is 14.6 Å².